The lowest BCUT2D eigenvalue weighted by Crippen LogP contribution is -2.32. The highest BCUT2D eigenvalue weighted by Gasteiger charge is 2.16. The van der Waals surface area contributed by atoms with Crippen molar-refractivity contribution in [3.05, 3.63) is 41.6 Å². The van der Waals surface area contributed by atoms with E-state index in [2.05, 4.69) is 10.3 Å². The molecule has 1 aromatic heterocycles. The minimum absolute atomic E-state index is 0.160. The molecule has 0 aliphatic carbocycles. The molecule has 2 rings (SSSR count). The monoisotopic (exact) mass is 330 g/mol. The molecule has 0 spiro atoms. The number of hydrogen-bond donors (Lipinski definition) is 3. The molecule has 1 heterocycles. The quantitative estimate of drug-likeness (QED) is 0.727. The Morgan fingerprint density at radius 1 is 1.29 bits per heavy atom. The van der Waals surface area contributed by atoms with Crippen LogP contribution in [0.1, 0.15) is 43.2 Å². The van der Waals surface area contributed by atoms with Crippen LogP contribution in [0.2, 0.25) is 0 Å². The molecule has 0 bridgehead atoms. The molecule has 128 valence electrons. The van der Waals surface area contributed by atoms with Crippen LogP contribution in [0.5, 0.6) is 0 Å². The number of H-pyrrole nitrogens is 1. The number of carbonyl (C=O) groups excluding carboxylic acids is 1. The molecule has 0 unspecified atom stereocenters. The molecule has 0 saturated heterocycles. The van der Waals surface area contributed by atoms with E-state index < -0.39 is 17.7 Å². The van der Waals surface area contributed by atoms with Crippen LogP contribution in [0.3, 0.4) is 0 Å². The first kappa shape index (κ1) is 17.6. The van der Waals surface area contributed by atoms with Gasteiger partial charge in [0.05, 0.1) is 0 Å². The Labute approximate surface area is 140 Å². The Bertz CT molecular complexity index is 769. The Hall–Kier alpha value is -2.76. The number of nitrogens with one attached hydrogen (secondary N) is 2. The van der Waals surface area contributed by atoms with Crippen molar-refractivity contribution in [3.8, 4) is 0 Å². The average Bonchev–Trinajstić information content (AvgIpc) is 2.84. The Morgan fingerprint density at radius 3 is 2.67 bits per heavy atom. The van der Waals surface area contributed by atoms with Gasteiger partial charge in [0.2, 0.25) is 0 Å². The minimum Gasteiger partial charge on any atom is -0.477 e. The number of aromatic amines is 1. The van der Waals surface area contributed by atoms with Crippen molar-refractivity contribution in [2.75, 3.05) is 6.54 Å². The normalized spacial score (nSPS) is 11.8. The average molecular weight is 330 g/mol. The molecule has 24 heavy (non-hydrogen) atoms. The number of para-hydroxylation sites is 1. The van der Waals surface area contributed by atoms with Gasteiger partial charge in [0.1, 0.15) is 11.3 Å². The number of alkyl carbamates (subject to hydrolysis) is 1. The van der Waals surface area contributed by atoms with Crippen molar-refractivity contribution in [1.82, 2.24) is 10.3 Å². The van der Waals surface area contributed by atoms with Gasteiger partial charge in [-0.25, -0.2) is 9.59 Å². The third kappa shape index (κ3) is 4.62. The molecule has 2 aromatic rings. The number of benzene rings is 1. The second-order valence-electron chi connectivity index (χ2n) is 6.38. The fraction of sp³-hybridized carbons (Fsp3) is 0.333. The van der Waals surface area contributed by atoms with E-state index in [4.69, 9.17) is 4.74 Å². The number of aromatic nitrogens is 1. The Morgan fingerprint density at radius 2 is 2.00 bits per heavy atom. The topological polar surface area (TPSA) is 91.4 Å². The lowest BCUT2D eigenvalue weighted by Gasteiger charge is -2.19. The fourth-order valence-electron chi connectivity index (χ4n) is 2.28. The van der Waals surface area contributed by atoms with Crippen molar-refractivity contribution in [2.24, 2.45) is 0 Å². The highest BCUT2D eigenvalue weighted by molar-refractivity contribution is 6.01. The number of amides is 1. The molecule has 0 saturated carbocycles. The van der Waals surface area contributed by atoms with Gasteiger partial charge >= 0.3 is 12.1 Å². The van der Waals surface area contributed by atoms with Crippen molar-refractivity contribution in [3.63, 3.8) is 0 Å². The van der Waals surface area contributed by atoms with Crippen LogP contribution < -0.4 is 5.32 Å². The van der Waals surface area contributed by atoms with Gasteiger partial charge in [-0.2, -0.15) is 0 Å². The second-order valence-corrected chi connectivity index (χ2v) is 6.38. The first-order valence-electron chi connectivity index (χ1n) is 7.75. The van der Waals surface area contributed by atoms with Crippen molar-refractivity contribution >= 4 is 29.0 Å². The largest absolute Gasteiger partial charge is 0.477 e. The number of carbonyl (C=O) groups is 2. The van der Waals surface area contributed by atoms with Crippen LogP contribution in [0, 0.1) is 0 Å². The van der Waals surface area contributed by atoms with Crippen LogP contribution in [0.25, 0.3) is 17.0 Å². The number of carboxylic acids is 1. The van der Waals surface area contributed by atoms with Crippen molar-refractivity contribution in [1.29, 1.82) is 0 Å². The molecule has 0 radical (unpaired) electrons. The number of aromatic carboxylic acids is 1. The number of hydrogen-bond acceptors (Lipinski definition) is 3. The van der Waals surface area contributed by atoms with Crippen LogP contribution in [0.4, 0.5) is 4.79 Å². The minimum atomic E-state index is -1.00. The molecule has 3 N–H and O–H groups in total. The summed E-state index contributed by atoms with van der Waals surface area (Å²) >= 11 is 0. The van der Waals surface area contributed by atoms with Crippen LogP contribution in [-0.4, -0.2) is 34.3 Å². The highest BCUT2D eigenvalue weighted by Crippen LogP contribution is 2.23. The summed E-state index contributed by atoms with van der Waals surface area (Å²) in [6.07, 6.45) is 3.70. The van der Waals surface area contributed by atoms with E-state index in [0.717, 1.165) is 10.9 Å². The van der Waals surface area contributed by atoms with Gasteiger partial charge in [-0.05, 0) is 33.3 Å². The van der Waals surface area contributed by atoms with E-state index in [1.807, 2.05) is 30.3 Å². The van der Waals surface area contributed by atoms with E-state index in [1.165, 1.54) is 0 Å². The van der Waals surface area contributed by atoms with Crippen molar-refractivity contribution in [2.45, 2.75) is 32.8 Å². The number of fused-ring (bicyclic) bond motifs is 1. The summed E-state index contributed by atoms with van der Waals surface area (Å²) < 4.78 is 5.14. The van der Waals surface area contributed by atoms with Gasteiger partial charge in [-0.1, -0.05) is 30.4 Å². The smallest absolute Gasteiger partial charge is 0.407 e. The zero-order valence-corrected chi connectivity index (χ0v) is 14.1. The molecule has 6 nitrogen and oxygen atoms in total. The zero-order chi connectivity index (χ0) is 17.7. The molecule has 1 amide bonds. The third-order valence-electron chi connectivity index (χ3n) is 3.22. The molecule has 6 heteroatoms. The summed E-state index contributed by atoms with van der Waals surface area (Å²) in [5.41, 5.74) is 1.05. The van der Waals surface area contributed by atoms with E-state index in [9.17, 15) is 14.7 Å². The van der Waals surface area contributed by atoms with Gasteiger partial charge in [0.15, 0.2) is 0 Å². The van der Waals surface area contributed by atoms with E-state index >= 15 is 0 Å². The van der Waals surface area contributed by atoms with Gasteiger partial charge in [-0.15, -0.1) is 0 Å². The summed E-state index contributed by atoms with van der Waals surface area (Å²) in [5, 5.41) is 12.8. The summed E-state index contributed by atoms with van der Waals surface area (Å²) in [4.78, 5) is 25.8. The molecule has 0 aliphatic rings. The maximum absolute atomic E-state index is 11.5. The molecule has 0 atom stereocenters. The van der Waals surface area contributed by atoms with Gasteiger partial charge < -0.3 is 20.1 Å². The first-order valence-corrected chi connectivity index (χ1v) is 7.75. The van der Waals surface area contributed by atoms with Crippen molar-refractivity contribution < 1.29 is 19.4 Å². The maximum atomic E-state index is 11.5. The van der Waals surface area contributed by atoms with E-state index in [-0.39, 0.29) is 5.69 Å². The van der Waals surface area contributed by atoms with E-state index in [0.29, 0.717) is 18.5 Å². The molecule has 1 aromatic carbocycles. The zero-order valence-electron chi connectivity index (χ0n) is 14.1. The number of rotatable bonds is 5. The SMILES string of the molecule is CC(C)(C)OC(=O)NCCC=Cc1c(C(=O)O)[nH]c2ccccc12. The Kier molecular flexibility index (Phi) is 5.28. The molecule has 0 aliphatic heterocycles. The lowest BCUT2D eigenvalue weighted by atomic mass is 10.1. The number of ether oxygens (including phenoxy) is 1. The fourth-order valence-corrected chi connectivity index (χ4v) is 2.28. The van der Waals surface area contributed by atoms with Gasteiger partial charge in [-0.3, -0.25) is 0 Å². The highest BCUT2D eigenvalue weighted by atomic mass is 16.6. The molecule has 0 fully saturated rings. The van der Waals surface area contributed by atoms with Crippen LogP contribution in [-0.2, 0) is 4.74 Å². The summed E-state index contributed by atoms with van der Waals surface area (Å²) in [6.45, 7) is 5.82. The maximum Gasteiger partial charge on any atom is 0.407 e. The standard InChI is InChI=1S/C18H22N2O4/c1-18(2,3)24-17(23)19-11-7-6-9-13-12-8-4-5-10-14(12)20-15(13)16(21)22/h4-6,8-10,20H,7,11H2,1-3H3,(H,19,23)(H,21,22). The summed E-state index contributed by atoms with van der Waals surface area (Å²) in [5.74, 6) is -1.00. The third-order valence-corrected chi connectivity index (χ3v) is 3.22. The predicted octanol–water partition coefficient (Wildman–Crippen LogP) is 3.79. The lowest BCUT2D eigenvalue weighted by molar-refractivity contribution is 0.0528. The summed E-state index contributed by atoms with van der Waals surface area (Å²) in [6, 6.07) is 7.42. The predicted molar refractivity (Wildman–Crippen MR) is 93.1 cm³/mol. The first-order chi connectivity index (χ1) is 11.3. The van der Waals surface area contributed by atoms with Gasteiger partial charge in [0, 0.05) is 23.0 Å². The Balaban J connectivity index is 2.00. The number of carboxylic acid groups (broad SMARTS) is 1. The van der Waals surface area contributed by atoms with Crippen LogP contribution in [0.15, 0.2) is 30.3 Å². The summed E-state index contributed by atoms with van der Waals surface area (Å²) in [7, 11) is 0. The van der Waals surface area contributed by atoms with Gasteiger partial charge in [0.25, 0.3) is 0 Å². The second kappa shape index (κ2) is 7.21. The molecular weight excluding hydrogens is 308 g/mol. The van der Waals surface area contributed by atoms with Crippen LogP contribution >= 0.6 is 0 Å². The van der Waals surface area contributed by atoms with E-state index in [1.54, 1.807) is 26.8 Å². The molecular formula is C18H22N2O4.